The third kappa shape index (κ3) is 3.76. The summed E-state index contributed by atoms with van der Waals surface area (Å²) in [7, 11) is 1.70. The summed E-state index contributed by atoms with van der Waals surface area (Å²) in [5, 5.41) is 3.90. The maximum absolute atomic E-state index is 12.9. The SMILES string of the molecule is CO[C@@H]1CN(c2ccc3c(c2)OC[C@H](NC(=O)c2sc4nc(C)ccc4c2N)C3)C[C@H]1N. The van der Waals surface area contributed by atoms with Gasteiger partial charge in [-0.05, 0) is 37.1 Å². The number of hydrogen-bond acceptors (Lipinski definition) is 8. The highest BCUT2D eigenvalue weighted by Gasteiger charge is 2.31. The largest absolute Gasteiger partial charge is 0.491 e. The molecule has 3 aromatic rings. The molecule has 0 unspecified atom stereocenters. The van der Waals surface area contributed by atoms with E-state index in [0.29, 0.717) is 23.6 Å². The molecule has 1 aromatic carbocycles. The van der Waals surface area contributed by atoms with Gasteiger partial charge in [0.2, 0.25) is 0 Å². The lowest BCUT2D eigenvalue weighted by Gasteiger charge is -2.28. The molecule has 32 heavy (non-hydrogen) atoms. The van der Waals surface area contributed by atoms with Gasteiger partial charge in [-0.25, -0.2) is 4.98 Å². The summed E-state index contributed by atoms with van der Waals surface area (Å²) in [5.41, 5.74) is 15.9. The van der Waals surface area contributed by atoms with E-state index in [2.05, 4.69) is 33.4 Å². The average molecular weight is 454 g/mol. The minimum Gasteiger partial charge on any atom is -0.491 e. The molecule has 8 nitrogen and oxygen atoms in total. The van der Waals surface area contributed by atoms with Crippen LogP contribution in [0, 0.1) is 6.92 Å². The van der Waals surface area contributed by atoms with E-state index in [1.165, 1.54) is 11.3 Å². The molecule has 1 amide bonds. The van der Waals surface area contributed by atoms with Crippen LogP contribution in [-0.2, 0) is 11.2 Å². The van der Waals surface area contributed by atoms with E-state index in [1.807, 2.05) is 19.1 Å². The van der Waals surface area contributed by atoms with Gasteiger partial charge in [0.05, 0.1) is 23.9 Å². The number of rotatable bonds is 4. The maximum atomic E-state index is 12.9. The molecule has 3 atom stereocenters. The second-order valence-electron chi connectivity index (χ2n) is 8.47. The number of fused-ring (bicyclic) bond motifs is 2. The minimum atomic E-state index is -0.187. The maximum Gasteiger partial charge on any atom is 0.263 e. The number of nitrogens with one attached hydrogen (secondary N) is 1. The molecule has 0 saturated carbocycles. The van der Waals surface area contributed by atoms with Crippen LogP contribution >= 0.6 is 11.3 Å². The van der Waals surface area contributed by atoms with Gasteiger partial charge in [0.1, 0.15) is 22.1 Å². The third-order valence-corrected chi connectivity index (χ3v) is 7.32. The van der Waals surface area contributed by atoms with E-state index in [1.54, 1.807) is 7.11 Å². The molecule has 0 aliphatic carbocycles. The summed E-state index contributed by atoms with van der Waals surface area (Å²) in [4.78, 5) is 20.9. The number of nitrogens with two attached hydrogens (primary N) is 2. The number of amides is 1. The van der Waals surface area contributed by atoms with Crippen LogP contribution in [-0.4, -0.2) is 55.9 Å². The first kappa shape index (κ1) is 21.0. The number of aryl methyl sites for hydroxylation is 1. The Morgan fingerprint density at radius 1 is 1.31 bits per heavy atom. The molecule has 2 aromatic heterocycles. The van der Waals surface area contributed by atoms with Crippen LogP contribution < -0.4 is 26.4 Å². The van der Waals surface area contributed by atoms with Crippen LogP contribution in [0.2, 0.25) is 0 Å². The summed E-state index contributed by atoms with van der Waals surface area (Å²) in [5.74, 6) is 0.664. The monoisotopic (exact) mass is 453 g/mol. The molecule has 1 fully saturated rings. The molecule has 2 aliphatic rings. The van der Waals surface area contributed by atoms with Crippen LogP contribution in [0.25, 0.3) is 10.2 Å². The zero-order chi connectivity index (χ0) is 22.4. The van der Waals surface area contributed by atoms with Crippen LogP contribution in [0.1, 0.15) is 20.9 Å². The van der Waals surface area contributed by atoms with Crippen molar-refractivity contribution in [2.24, 2.45) is 5.73 Å². The standard InChI is InChI=1S/C23H27N5O3S/c1-12-3-6-16-20(25)21(32-23(16)26-12)22(29)27-14-7-13-4-5-15(8-18(13)31-11-14)28-9-17(24)19(10-28)30-2/h3-6,8,14,17,19H,7,9-11,24-25H2,1-2H3,(H,27,29)/t14-,17-,19-/m1/s1. The Hall–Kier alpha value is -2.88. The van der Waals surface area contributed by atoms with Crippen molar-refractivity contribution in [3.63, 3.8) is 0 Å². The van der Waals surface area contributed by atoms with Crippen LogP contribution in [0.5, 0.6) is 5.75 Å². The second-order valence-corrected chi connectivity index (χ2v) is 9.47. The van der Waals surface area contributed by atoms with E-state index in [4.69, 9.17) is 20.9 Å². The van der Waals surface area contributed by atoms with Gasteiger partial charge in [-0.2, -0.15) is 0 Å². The Morgan fingerprint density at radius 3 is 2.94 bits per heavy atom. The van der Waals surface area contributed by atoms with Crippen molar-refractivity contribution in [1.29, 1.82) is 0 Å². The Labute approximate surface area is 190 Å². The zero-order valence-corrected chi connectivity index (χ0v) is 18.9. The summed E-state index contributed by atoms with van der Waals surface area (Å²) >= 11 is 1.32. The molecule has 2 aliphatic heterocycles. The lowest BCUT2D eigenvalue weighted by molar-refractivity contribution is 0.0920. The van der Waals surface area contributed by atoms with E-state index in [0.717, 1.165) is 46.0 Å². The number of carbonyl (C=O) groups is 1. The molecule has 0 radical (unpaired) electrons. The van der Waals surface area contributed by atoms with Gasteiger partial charge in [-0.1, -0.05) is 6.07 Å². The van der Waals surface area contributed by atoms with Crippen LogP contribution in [0.3, 0.4) is 0 Å². The quantitative estimate of drug-likeness (QED) is 0.554. The molecule has 168 valence electrons. The van der Waals surface area contributed by atoms with Crippen LogP contribution in [0.4, 0.5) is 11.4 Å². The zero-order valence-electron chi connectivity index (χ0n) is 18.1. The molecule has 5 N–H and O–H groups in total. The normalized spacial score (nSPS) is 22.6. The van der Waals surface area contributed by atoms with Crippen molar-refractivity contribution in [3.05, 3.63) is 46.5 Å². The van der Waals surface area contributed by atoms with Gasteiger partial charge in [0.25, 0.3) is 5.91 Å². The highest BCUT2D eigenvalue weighted by Crippen LogP contribution is 2.34. The predicted molar refractivity (Wildman–Crippen MR) is 127 cm³/mol. The molecule has 0 bridgehead atoms. The highest BCUT2D eigenvalue weighted by atomic mass is 32.1. The van der Waals surface area contributed by atoms with E-state index in [9.17, 15) is 4.79 Å². The fourth-order valence-electron chi connectivity index (χ4n) is 4.42. The first-order valence-electron chi connectivity index (χ1n) is 10.7. The van der Waals surface area contributed by atoms with Gasteiger partial charge in [-0.15, -0.1) is 11.3 Å². The lowest BCUT2D eigenvalue weighted by atomic mass is 10.0. The molecular weight excluding hydrogens is 426 g/mol. The summed E-state index contributed by atoms with van der Waals surface area (Å²) in [6.07, 6.45) is 0.732. The number of nitrogens with zero attached hydrogens (tertiary/aromatic N) is 2. The summed E-state index contributed by atoms with van der Waals surface area (Å²) in [6.45, 7) is 3.84. The van der Waals surface area contributed by atoms with Crippen LogP contribution in [0.15, 0.2) is 30.3 Å². The third-order valence-electron chi connectivity index (χ3n) is 6.21. The first-order valence-corrected chi connectivity index (χ1v) is 11.5. The summed E-state index contributed by atoms with van der Waals surface area (Å²) in [6, 6.07) is 9.88. The average Bonchev–Trinajstić information content (AvgIpc) is 3.32. The number of nitrogen functional groups attached to an aromatic ring is 1. The van der Waals surface area contributed by atoms with Crippen molar-refractivity contribution in [3.8, 4) is 5.75 Å². The summed E-state index contributed by atoms with van der Waals surface area (Å²) < 4.78 is 11.5. The Bertz CT molecular complexity index is 1180. The van der Waals surface area contributed by atoms with Crippen molar-refractivity contribution in [2.75, 3.05) is 37.4 Å². The smallest absolute Gasteiger partial charge is 0.263 e. The first-order chi connectivity index (χ1) is 15.4. The predicted octanol–water partition coefficient (Wildman–Crippen LogP) is 2.08. The number of carbonyl (C=O) groups excluding carboxylic acids is 1. The van der Waals surface area contributed by atoms with Gasteiger partial charge >= 0.3 is 0 Å². The molecule has 9 heteroatoms. The second kappa shape index (κ2) is 8.23. The number of ether oxygens (including phenoxy) is 2. The van der Waals surface area contributed by atoms with Gasteiger partial charge in [-0.3, -0.25) is 4.79 Å². The Balaban J connectivity index is 1.28. The van der Waals surface area contributed by atoms with E-state index < -0.39 is 0 Å². The minimum absolute atomic E-state index is 0.00278. The van der Waals surface area contributed by atoms with E-state index in [-0.39, 0.29) is 24.1 Å². The Kier molecular flexibility index (Phi) is 5.40. The number of methoxy groups -OCH3 is 1. The molecule has 1 saturated heterocycles. The number of hydrogen-bond donors (Lipinski definition) is 3. The van der Waals surface area contributed by atoms with Crippen molar-refractivity contribution < 1.29 is 14.3 Å². The van der Waals surface area contributed by atoms with Gasteiger partial charge in [0, 0.05) is 43.0 Å². The topological polar surface area (TPSA) is 116 Å². The fraction of sp³-hybridized carbons (Fsp3) is 0.391. The van der Waals surface area contributed by atoms with E-state index >= 15 is 0 Å². The highest BCUT2D eigenvalue weighted by molar-refractivity contribution is 7.21. The number of aromatic nitrogens is 1. The van der Waals surface area contributed by atoms with Gasteiger partial charge < -0.3 is 31.2 Å². The molecule has 4 heterocycles. The molecule has 5 rings (SSSR count). The molecule has 0 spiro atoms. The van der Waals surface area contributed by atoms with Crippen molar-refractivity contribution in [2.45, 2.75) is 31.5 Å². The molecular formula is C23H27N5O3S. The number of benzene rings is 1. The number of thiophene rings is 1. The van der Waals surface area contributed by atoms with Gasteiger partial charge in [0.15, 0.2) is 0 Å². The van der Waals surface area contributed by atoms with Crippen molar-refractivity contribution >= 4 is 38.8 Å². The Morgan fingerprint density at radius 2 is 2.16 bits per heavy atom. The number of anilines is 2. The fourth-order valence-corrected chi connectivity index (χ4v) is 5.46. The van der Waals surface area contributed by atoms with Crippen molar-refractivity contribution in [1.82, 2.24) is 10.3 Å². The number of pyridine rings is 1. The lowest BCUT2D eigenvalue weighted by Crippen LogP contribution is -2.42.